The first-order chi connectivity index (χ1) is 13.6. The molecule has 1 N–H and O–H groups in total. The zero-order valence-electron chi connectivity index (χ0n) is 15.8. The van der Waals surface area contributed by atoms with Crippen LogP contribution in [0.15, 0.2) is 73.2 Å². The van der Waals surface area contributed by atoms with Crippen LogP contribution in [-0.4, -0.2) is 25.2 Å². The number of nitrogens with one attached hydrogen (secondary N) is 1. The van der Waals surface area contributed by atoms with E-state index in [9.17, 15) is 4.79 Å². The molecule has 0 saturated heterocycles. The Labute approximate surface area is 163 Å². The maximum atomic E-state index is 13.0. The minimum atomic E-state index is -0.182. The number of aryl methyl sites for hydroxylation is 2. The van der Waals surface area contributed by atoms with Crippen LogP contribution < -0.4 is 5.32 Å². The second-order valence-corrected chi connectivity index (χ2v) is 6.71. The molecule has 3 heterocycles. The second-order valence-electron chi connectivity index (χ2n) is 6.71. The molecule has 28 heavy (non-hydrogen) atoms. The molecule has 1 amide bonds. The molecule has 0 aliphatic carbocycles. The number of carbonyl (C=O) groups excluding carboxylic acids is 1. The highest BCUT2D eigenvalue weighted by Gasteiger charge is 2.18. The molecule has 4 rings (SSSR count). The lowest BCUT2D eigenvalue weighted by atomic mass is 10.2. The number of hydrogen-bond acceptors (Lipinski definition) is 3. The number of aromatic nitrogens is 4. The van der Waals surface area contributed by atoms with E-state index in [0.717, 1.165) is 28.2 Å². The summed E-state index contributed by atoms with van der Waals surface area (Å²) in [4.78, 5) is 17.1. The predicted molar refractivity (Wildman–Crippen MR) is 108 cm³/mol. The topological polar surface area (TPSA) is 64.7 Å². The Bertz CT molecular complexity index is 1110. The van der Waals surface area contributed by atoms with Crippen molar-refractivity contribution >= 4 is 5.91 Å². The summed E-state index contributed by atoms with van der Waals surface area (Å²) in [5.41, 5.74) is 5.10. The largest absolute Gasteiger partial charge is 0.349 e. The first-order valence-corrected chi connectivity index (χ1v) is 9.08. The van der Waals surface area contributed by atoms with E-state index in [2.05, 4.69) is 10.3 Å². The van der Waals surface area contributed by atoms with Crippen LogP contribution in [0.1, 0.15) is 21.6 Å². The Morgan fingerprint density at radius 2 is 2.00 bits per heavy atom. The van der Waals surface area contributed by atoms with Crippen LogP contribution in [-0.2, 0) is 13.6 Å². The molecule has 0 atom stereocenters. The first kappa shape index (κ1) is 17.7. The monoisotopic (exact) mass is 371 g/mol. The van der Waals surface area contributed by atoms with Gasteiger partial charge in [-0.3, -0.25) is 9.78 Å². The maximum Gasteiger partial charge on any atom is 0.270 e. The molecule has 140 valence electrons. The molecule has 6 heteroatoms. The van der Waals surface area contributed by atoms with Crippen molar-refractivity contribution in [2.75, 3.05) is 0 Å². The van der Waals surface area contributed by atoms with Gasteiger partial charge in [0.2, 0.25) is 0 Å². The standard InChI is InChI=1S/C22H21N5O/c1-16-6-3-8-18(12-16)27-21(13-19(25-27)20-9-5-11-26(20)2)22(28)24-15-17-7-4-10-23-14-17/h3-14H,15H2,1-2H3,(H,24,28). The fourth-order valence-corrected chi connectivity index (χ4v) is 3.13. The fraction of sp³-hybridized carbons (Fsp3) is 0.136. The molecule has 3 aromatic heterocycles. The van der Waals surface area contributed by atoms with Crippen LogP contribution in [0.25, 0.3) is 17.1 Å². The quantitative estimate of drug-likeness (QED) is 0.584. The molecule has 6 nitrogen and oxygen atoms in total. The number of hydrogen-bond donors (Lipinski definition) is 1. The van der Waals surface area contributed by atoms with Gasteiger partial charge in [-0.1, -0.05) is 18.2 Å². The lowest BCUT2D eigenvalue weighted by molar-refractivity contribution is 0.0943. The first-order valence-electron chi connectivity index (χ1n) is 9.08. The molecule has 0 saturated carbocycles. The van der Waals surface area contributed by atoms with Crippen LogP contribution in [0, 0.1) is 6.92 Å². The van der Waals surface area contributed by atoms with Crippen LogP contribution in [0.2, 0.25) is 0 Å². The summed E-state index contributed by atoms with van der Waals surface area (Å²) >= 11 is 0. The van der Waals surface area contributed by atoms with Crippen molar-refractivity contribution in [3.8, 4) is 17.1 Å². The molecular weight excluding hydrogens is 350 g/mol. The van der Waals surface area contributed by atoms with Crippen LogP contribution >= 0.6 is 0 Å². The van der Waals surface area contributed by atoms with E-state index in [-0.39, 0.29) is 5.91 Å². The van der Waals surface area contributed by atoms with Gasteiger partial charge in [0.05, 0.1) is 11.4 Å². The number of rotatable bonds is 5. The molecular formula is C22H21N5O. The van der Waals surface area contributed by atoms with Crippen molar-refractivity contribution in [3.63, 3.8) is 0 Å². The zero-order valence-corrected chi connectivity index (χ0v) is 15.8. The maximum absolute atomic E-state index is 13.0. The summed E-state index contributed by atoms with van der Waals surface area (Å²) in [5, 5.41) is 7.69. The summed E-state index contributed by atoms with van der Waals surface area (Å²) < 4.78 is 3.69. The van der Waals surface area contributed by atoms with E-state index in [0.29, 0.717) is 12.2 Å². The molecule has 0 spiro atoms. The third kappa shape index (κ3) is 3.57. The third-order valence-electron chi connectivity index (χ3n) is 4.57. The van der Waals surface area contributed by atoms with Crippen molar-refractivity contribution in [1.82, 2.24) is 24.6 Å². The van der Waals surface area contributed by atoms with Gasteiger partial charge < -0.3 is 9.88 Å². The Morgan fingerprint density at radius 1 is 1.11 bits per heavy atom. The fourth-order valence-electron chi connectivity index (χ4n) is 3.13. The summed E-state index contributed by atoms with van der Waals surface area (Å²) in [6.07, 6.45) is 5.42. The van der Waals surface area contributed by atoms with E-state index in [1.165, 1.54) is 0 Å². The normalized spacial score (nSPS) is 10.8. The Balaban J connectivity index is 1.71. The SMILES string of the molecule is Cc1cccc(-n2nc(-c3cccn3C)cc2C(=O)NCc2cccnc2)c1. The van der Waals surface area contributed by atoms with E-state index in [1.807, 2.05) is 79.3 Å². The van der Waals surface area contributed by atoms with Crippen molar-refractivity contribution in [2.24, 2.45) is 7.05 Å². The average molecular weight is 371 g/mol. The highest BCUT2D eigenvalue weighted by atomic mass is 16.2. The third-order valence-corrected chi connectivity index (χ3v) is 4.57. The van der Waals surface area contributed by atoms with E-state index in [1.54, 1.807) is 17.1 Å². The molecule has 0 aliphatic heterocycles. The molecule has 0 aliphatic rings. The summed E-state index contributed by atoms with van der Waals surface area (Å²) in [5.74, 6) is -0.182. The van der Waals surface area contributed by atoms with Gasteiger partial charge in [-0.2, -0.15) is 5.10 Å². The number of nitrogens with zero attached hydrogens (tertiary/aromatic N) is 4. The predicted octanol–water partition coefficient (Wildman–Crippen LogP) is 3.51. The zero-order chi connectivity index (χ0) is 19.5. The summed E-state index contributed by atoms with van der Waals surface area (Å²) in [6, 6.07) is 17.5. The molecule has 4 aromatic rings. The number of pyridine rings is 1. The van der Waals surface area contributed by atoms with Crippen LogP contribution in [0.3, 0.4) is 0 Å². The van der Waals surface area contributed by atoms with E-state index in [4.69, 9.17) is 5.10 Å². The van der Waals surface area contributed by atoms with Gasteiger partial charge in [-0.25, -0.2) is 4.68 Å². The molecule has 0 radical (unpaired) electrons. The smallest absolute Gasteiger partial charge is 0.270 e. The van der Waals surface area contributed by atoms with Gasteiger partial charge in [0.25, 0.3) is 5.91 Å². The van der Waals surface area contributed by atoms with Gasteiger partial charge in [0.15, 0.2) is 0 Å². The van der Waals surface area contributed by atoms with E-state index < -0.39 is 0 Å². The van der Waals surface area contributed by atoms with Gasteiger partial charge in [-0.05, 0) is 54.4 Å². The van der Waals surface area contributed by atoms with Crippen molar-refractivity contribution in [1.29, 1.82) is 0 Å². The minimum absolute atomic E-state index is 0.182. The summed E-state index contributed by atoms with van der Waals surface area (Å²) in [7, 11) is 1.96. The Morgan fingerprint density at radius 3 is 2.71 bits per heavy atom. The van der Waals surface area contributed by atoms with Gasteiger partial charge in [0, 0.05) is 32.2 Å². The molecule has 0 bridgehead atoms. The highest BCUT2D eigenvalue weighted by Crippen LogP contribution is 2.22. The lowest BCUT2D eigenvalue weighted by Gasteiger charge is -2.09. The van der Waals surface area contributed by atoms with E-state index >= 15 is 0 Å². The molecule has 0 unspecified atom stereocenters. The van der Waals surface area contributed by atoms with Gasteiger partial charge >= 0.3 is 0 Å². The minimum Gasteiger partial charge on any atom is -0.349 e. The number of carbonyl (C=O) groups is 1. The van der Waals surface area contributed by atoms with Crippen LogP contribution in [0.5, 0.6) is 0 Å². The van der Waals surface area contributed by atoms with Crippen molar-refractivity contribution < 1.29 is 4.79 Å². The number of amides is 1. The Kier molecular flexibility index (Phi) is 4.76. The Hall–Kier alpha value is -3.67. The number of benzene rings is 1. The van der Waals surface area contributed by atoms with Gasteiger partial charge in [0.1, 0.15) is 11.4 Å². The lowest BCUT2D eigenvalue weighted by Crippen LogP contribution is -2.25. The highest BCUT2D eigenvalue weighted by molar-refractivity contribution is 5.94. The van der Waals surface area contributed by atoms with Gasteiger partial charge in [-0.15, -0.1) is 0 Å². The van der Waals surface area contributed by atoms with Crippen molar-refractivity contribution in [2.45, 2.75) is 13.5 Å². The molecule has 0 fully saturated rings. The van der Waals surface area contributed by atoms with Crippen molar-refractivity contribution in [3.05, 3.63) is 90.0 Å². The summed E-state index contributed by atoms with van der Waals surface area (Å²) in [6.45, 7) is 2.43. The second kappa shape index (κ2) is 7.52. The molecule has 1 aromatic carbocycles. The average Bonchev–Trinajstić information content (AvgIpc) is 3.33. The van der Waals surface area contributed by atoms with Crippen LogP contribution in [0.4, 0.5) is 0 Å².